The molecule has 0 saturated carbocycles. The summed E-state index contributed by atoms with van der Waals surface area (Å²) in [4.78, 5) is 23.2. The molecule has 7 heteroatoms. The van der Waals surface area contributed by atoms with Crippen molar-refractivity contribution in [1.29, 1.82) is 0 Å². The van der Waals surface area contributed by atoms with Crippen LogP contribution in [0.1, 0.15) is 23.7 Å². The molecule has 0 saturated heterocycles. The van der Waals surface area contributed by atoms with Crippen molar-refractivity contribution in [2.24, 2.45) is 0 Å². The second-order valence-electron chi connectivity index (χ2n) is 26.8. The van der Waals surface area contributed by atoms with Gasteiger partial charge in [0.25, 0.3) is 0 Å². The lowest BCUT2D eigenvalue weighted by Gasteiger charge is -2.27. The normalized spacial score (nSPS) is 14.1. The fourth-order valence-electron chi connectivity index (χ4n) is 17.5. The summed E-state index contributed by atoms with van der Waals surface area (Å²) in [7, 11) is 0. The van der Waals surface area contributed by atoms with Crippen LogP contribution in [0.4, 0.5) is 0 Å². The first-order valence-corrected chi connectivity index (χ1v) is 33.7. The SMILES string of the molecule is CC1(Cc2ccc3c(c2)c2ccccc2c2ccc4c(c23)c2c3ccccc3ccc2n4-c2nc3c(nc2-c2ccccc2)oc2ccccc23)c2ccccc2-c2nc(-n3c4ccc5ccccc5c4c4c5c6ccccc6c6ccccc6c5ccc43)c(-c3ccccc3)nc21. The molecule has 98 heavy (non-hydrogen) atoms. The van der Waals surface area contributed by atoms with Crippen LogP contribution < -0.4 is 0 Å². The highest BCUT2D eigenvalue weighted by Gasteiger charge is 2.43. The Morgan fingerprint density at radius 2 is 0.745 bits per heavy atom. The number of hydrogen-bond acceptors (Lipinski definition) is 5. The number of nitrogens with zero attached hydrogens (tertiary/aromatic N) is 6. The van der Waals surface area contributed by atoms with Gasteiger partial charge in [0, 0.05) is 59.8 Å². The minimum Gasteiger partial charge on any atom is -0.436 e. The van der Waals surface area contributed by atoms with Crippen molar-refractivity contribution in [3.8, 4) is 45.4 Å². The van der Waals surface area contributed by atoms with Gasteiger partial charge in [0.2, 0.25) is 5.71 Å². The molecular weight excluding hydrogens is 1190 g/mol. The topological polar surface area (TPSA) is 74.6 Å². The van der Waals surface area contributed by atoms with Gasteiger partial charge in [0.1, 0.15) is 22.5 Å². The zero-order chi connectivity index (χ0) is 64.1. The number of fused-ring (bicyclic) bond motifs is 30. The summed E-state index contributed by atoms with van der Waals surface area (Å²) >= 11 is 0. The fourth-order valence-corrected chi connectivity index (χ4v) is 17.5. The van der Waals surface area contributed by atoms with Crippen LogP contribution in [0.5, 0.6) is 0 Å². The molecule has 7 nitrogen and oxygen atoms in total. The van der Waals surface area contributed by atoms with Crippen molar-refractivity contribution in [2.75, 3.05) is 0 Å². The molecule has 1 unspecified atom stereocenters. The van der Waals surface area contributed by atoms with E-state index in [0.29, 0.717) is 12.1 Å². The molecule has 5 aromatic heterocycles. The van der Waals surface area contributed by atoms with Crippen LogP contribution in [-0.2, 0) is 11.8 Å². The molecule has 16 aromatic carbocycles. The summed E-state index contributed by atoms with van der Waals surface area (Å²) in [6.07, 6.45) is 0.677. The van der Waals surface area contributed by atoms with E-state index in [1.165, 1.54) is 119 Å². The van der Waals surface area contributed by atoms with Crippen LogP contribution in [0.2, 0.25) is 0 Å². The Balaban J connectivity index is 0.782. The lowest BCUT2D eigenvalue weighted by molar-refractivity contribution is 0.564. The van der Waals surface area contributed by atoms with Gasteiger partial charge in [-0.25, -0.2) is 19.9 Å². The van der Waals surface area contributed by atoms with E-state index in [4.69, 9.17) is 24.4 Å². The highest BCUT2D eigenvalue weighted by atomic mass is 16.3. The maximum atomic E-state index is 6.48. The maximum absolute atomic E-state index is 6.48. The molecule has 5 heterocycles. The second-order valence-corrected chi connectivity index (χ2v) is 26.8. The van der Waals surface area contributed by atoms with Gasteiger partial charge in [0.15, 0.2) is 11.6 Å². The number of hydrogen-bond donors (Lipinski definition) is 0. The van der Waals surface area contributed by atoms with Gasteiger partial charge < -0.3 is 4.42 Å². The van der Waals surface area contributed by atoms with Crippen LogP contribution >= 0.6 is 0 Å². The molecule has 454 valence electrons. The molecule has 0 radical (unpaired) electrons. The van der Waals surface area contributed by atoms with Gasteiger partial charge in [-0.2, -0.15) is 0 Å². The average molecular weight is 1250 g/mol. The Morgan fingerprint density at radius 3 is 1.35 bits per heavy atom. The van der Waals surface area contributed by atoms with Gasteiger partial charge in [0.05, 0.1) is 33.5 Å². The van der Waals surface area contributed by atoms with Crippen LogP contribution in [0, 0.1) is 0 Å². The first kappa shape index (κ1) is 53.5. The first-order valence-electron chi connectivity index (χ1n) is 33.7. The molecule has 0 N–H and O–H groups in total. The third kappa shape index (κ3) is 7.26. The summed E-state index contributed by atoms with van der Waals surface area (Å²) in [6, 6.07) is 108. The van der Waals surface area contributed by atoms with E-state index in [-0.39, 0.29) is 0 Å². The molecule has 0 amide bonds. The number of aromatic nitrogens is 6. The molecule has 1 aliphatic rings. The van der Waals surface area contributed by atoms with Crippen LogP contribution in [0.15, 0.2) is 302 Å². The number of rotatable bonds is 6. The molecule has 0 fully saturated rings. The standard InChI is InChI=1S/C91H54N6O/c1-91(71-38-20-18-36-68(71)85-87(91)92-83(55-24-4-2-5-25-55)88(93-85)96-72-46-41-53-22-8-10-28-57(53)79(72)81-74(96)48-44-65-61-32-13-12-30-59(61)60-31-16-17-35-64(60)77(65)81)51-52-40-43-67-70(50-52)63-34-15-14-33-62(63)66-45-49-75-82(78(66)67)80-58-29-11-9-23-54(58)42-47-73(80)97(75)89-84(56-26-6-3-7-27-56)95-90-86(94-89)69-37-19-21-39-76(69)98-90/h2-50H,51H2,1H3. The fraction of sp³-hybridized carbons (Fsp3) is 0.0330. The molecule has 0 bridgehead atoms. The number of para-hydroxylation sites is 1. The van der Waals surface area contributed by atoms with E-state index in [1.54, 1.807) is 0 Å². The number of benzene rings is 16. The van der Waals surface area contributed by atoms with Crippen molar-refractivity contribution in [3.05, 3.63) is 314 Å². The van der Waals surface area contributed by atoms with E-state index in [9.17, 15) is 0 Å². The molecule has 0 spiro atoms. The molecule has 22 rings (SSSR count). The predicted octanol–water partition coefficient (Wildman–Crippen LogP) is 23.4. The molecular formula is C91H54N6O. The largest absolute Gasteiger partial charge is 0.436 e. The van der Waals surface area contributed by atoms with Gasteiger partial charge in [-0.1, -0.05) is 261 Å². The average Bonchev–Trinajstić information content (AvgIpc) is 1.50. The lowest BCUT2D eigenvalue weighted by atomic mass is 9.77. The highest BCUT2D eigenvalue weighted by molar-refractivity contribution is 6.40. The Hall–Kier alpha value is -12.8. The predicted molar refractivity (Wildman–Crippen MR) is 407 cm³/mol. The van der Waals surface area contributed by atoms with E-state index >= 15 is 0 Å². The summed E-state index contributed by atoms with van der Waals surface area (Å²) < 4.78 is 11.3. The summed E-state index contributed by atoms with van der Waals surface area (Å²) in [5.41, 5.74) is 14.6. The smallest absolute Gasteiger partial charge is 0.247 e. The minimum atomic E-state index is -0.590. The summed E-state index contributed by atoms with van der Waals surface area (Å²) in [5.74, 6) is 1.55. The maximum Gasteiger partial charge on any atom is 0.247 e. The van der Waals surface area contributed by atoms with E-state index in [1.807, 2.05) is 24.3 Å². The van der Waals surface area contributed by atoms with Crippen LogP contribution in [0.3, 0.4) is 0 Å². The van der Waals surface area contributed by atoms with Gasteiger partial charge in [-0.05, 0) is 136 Å². The molecule has 1 aliphatic carbocycles. The van der Waals surface area contributed by atoms with E-state index in [0.717, 1.165) is 89.7 Å². The van der Waals surface area contributed by atoms with Crippen molar-refractivity contribution in [2.45, 2.75) is 18.8 Å². The third-order valence-electron chi connectivity index (χ3n) is 21.7. The van der Waals surface area contributed by atoms with Gasteiger partial charge in [-0.15, -0.1) is 0 Å². The highest BCUT2D eigenvalue weighted by Crippen LogP contribution is 2.54. The molecule has 1 atom stereocenters. The Labute approximate surface area is 560 Å². The van der Waals surface area contributed by atoms with Crippen molar-refractivity contribution in [3.63, 3.8) is 0 Å². The van der Waals surface area contributed by atoms with E-state index < -0.39 is 5.41 Å². The lowest BCUT2D eigenvalue weighted by Crippen LogP contribution is -2.26. The van der Waals surface area contributed by atoms with Crippen molar-refractivity contribution in [1.82, 2.24) is 29.1 Å². The Kier molecular flexibility index (Phi) is 10.8. The Bertz CT molecular complexity index is 7070. The van der Waals surface area contributed by atoms with Crippen LogP contribution in [-0.4, -0.2) is 29.1 Å². The number of furan rings is 1. The van der Waals surface area contributed by atoms with Gasteiger partial charge >= 0.3 is 0 Å². The monoisotopic (exact) mass is 1250 g/mol. The Morgan fingerprint density at radius 1 is 0.316 bits per heavy atom. The third-order valence-corrected chi connectivity index (χ3v) is 21.7. The molecule has 21 aromatic rings. The van der Waals surface area contributed by atoms with E-state index in [2.05, 4.69) is 289 Å². The quantitative estimate of drug-likeness (QED) is 0.155. The first-order chi connectivity index (χ1) is 48.5. The van der Waals surface area contributed by atoms with Crippen molar-refractivity contribution >= 4 is 152 Å². The second kappa shape index (κ2) is 19.9. The molecule has 0 aliphatic heterocycles. The van der Waals surface area contributed by atoms with Crippen LogP contribution in [0.25, 0.3) is 197 Å². The zero-order valence-electron chi connectivity index (χ0n) is 53.1. The van der Waals surface area contributed by atoms with Crippen molar-refractivity contribution < 1.29 is 4.42 Å². The zero-order valence-corrected chi connectivity index (χ0v) is 53.1. The summed E-state index contributed by atoms with van der Waals surface area (Å²) in [5, 5.41) is 25.1. The van der Waals surface area contributed by atoms with Gasteiger partial charge in [-0.3, -0.25) is 9.13 Å². The summed E-state index contributed by atoms with van der Waals surface area (Å²) in [6.45, 7) is 2.40. The minimum absolute atomic E-state index is 0.510.